The number of aromatic nitrogens is 6. The first-order valence-corrected chi connectivity index (χ1v) is 14.4. The summed E-state index contributed by atoms with van der Waals surface area (Å²) in [6.07, 6.45) is 1.81. The Labute approximate surface area is 253 Å². The van der Waals surface area contributed by atoms with Crippen LogP contribution in [0.4, 0.5) is 0 Å². The molecule has 6 heteroatoms. The highest BCUT2D eigenvalue weighted by Crippen LogP contribution is 2.30. The first kappa shape index (κ1) is 25.6. The van der Waals surface area contributed by atoms with Crippen LogP contribution in [0.3, 0.4) is 0 Å². The SMILES string of the molecule is c1ccc(-c2nc(-c3ccccc3)nc(-c3cccc(-c4cccc(-c5ccc6ccc7cccnc7c6n5)n4)c3)n2)cc1. The predicted octanol–water partition coefficient (Wildman–Crippen LogP) is 8.70. The number of pyridine rings is 3. The lowest BCUT2D eigenvalue weighted by molar-refractivity contribution is 1.07. The van der Waals surface area contributed by atoms with Gasteiger partial charge < -0.3 is 0 Å². The molecule has 0 fully saturated rings. The van der Waals surface area contributed by atoms with Crippen molar-refractivity contribution in [3.8, 4) is 56.8 Å². The van der Waals surface area contributed by atoms with E-state index in [1.807, 2.05) is 103 Å². The highest BCUT2D eigenvalue weighted by atomic mass is 15.0. The molecule has 44 heavy (non-hydrogen) atoms. The second-order valence-electron chi connectivity index (χ2n) is 10.4. The summed E-state index contributed by atoms with van der Waals surface area (Å²) in [6, 6.07) is 46.4. The molecule has 0 amide bonds. The standard InChI is InChI=1S/C38H24N6/c1-3-10-27(11-4-1)36-42-37(28-12-5-2-6-13-28)44-38(43-36)30-15-7-14-29(24-30)31-17-8-18-32(40-31)33-22-21-26-20-19-25-16-9-23-39-34(25)35(26)41-33/h1-24H. The Morgan fingerprint density at radius 3 is 1.59 bits per heavy atom. The van der Waals surface area contributed by atoms with Crippen LogP contribution in [-0.4, -0.2) is 29.9 Å². The predicted molar refractivity (Wildman–Crippen MR) is 175 cm³/mol. The van der Waals surface area contributed by atoms with Gasteiger partial charge in [0.2, 0.25) is 0 Å². The fraction of sp³-hybridized carbons (Fsp3) is 0. The van der Waals surface area contributed by atoms with Gasteiger partial charge in [0, 0.05) is 39.2 Å². The van der Waals surface area contributed by atoms with Crippen molar-refractivity contribution in [2.45, 2.75) is 0 Å². The number of fused-ring (bicyclic) bond motifs is 3. The van der Waals surface area contributed by atoms with Crippen LogP contribution in [0, 0.1) is 0 Å². The zero-order valence-electron chi connectivity index (χ0n) is 23.5. The molecule has 0 aliphatic rings. The van der Waals surface area contributed by atoms with Crippen LogP contribution in [0.25, 0.3) is 78.6 Å². The summed E-state index contributed by atoms with van der Waals surface area (Å²) >= 11 is 0. The van der Waals surface area contributed by atoms with Gasteiger partial charge in [-0.3, -0.25) is 4.98 Å². The van der Waals surface area contributed by atoms with Crippen molar-refractivity contribution in [3.63, 3.8) is 0 Å². The van der Waals surface area contributed by atoms with Gasteiger partial charge >= 0.3 is 0 Å². The van der Waals surface area contributed by atoms with Crippen molar-refractivity contribution < 1.29 is 0 Å². The summed E-state index contributed by atoms with van der Waals surface area (Å²) in [5, 5.41) is 2.11. The van der Waals surface area contributed by atoms with Gasteiger partial charge in [-0.15, -0.1) is 0 Å². The number of benzene rings is 4. The zero-order valence-corrected chi connectivity index (χ0v) is 23.5. The van der Waals surface area contributed by atoms with E-state index < -0.39 is 0 Å². The van der Waals surface area contributed by atoms with Gasteiger partial charge in [-0.1, -0.05) is 109 Å². The molecule has 0 N–H and O–H groups in total. The van der Waals surface area contributed by atoms with E-state index in [-0.39, 0.29) is 0 Å². The fourth-order valence-electron chi connectivity index (χ4n) is 5.36. The van der Waals surface area contributed by atoms with E-state index in [0.29, 0.717) is 17.5 Å². The van der Waals surface area contributed by atoms with E-state index >= 15 is 0 Å². The Kier molecular flexibility index (Phi) is 6.35. The fourth-order valence-corrected chi connectivity index (χ4v) is 5.36. The molecule has 0 aliphatic carbocycles. The minimum atomic E-state index is 0.603. The molecule has 8 rings (SSSR count). The molecule has 0 atom stereocenters. The number of hydrogen-bond acceptors (Lipinski definition) is 6. The molecule has 206 valence electrons. The van der Waals surface area contributed by atoms with Gasteiger partial charge in [0.15, 0.2) is 17.5 Å². The number of hydrogen-bond donors (Lipinski definition) is 0. The maximum atomic E-state index is 5.03. The van der Waals surface area contributed by atoms with Gasteiger partial charge in [-0.2, -0.15) is 0 Å². The molecule has 8 aromatic rings. The van der Waals surface area contributed by atoms with Crippen LogP contribution in [0.1, 0.15) is 0 Å². The molecule has 4 heterocycles. The lowest BCUT2D eigenvalue weighted by Gasteiger charge is -2.10. The summed E-state index contributed by atoms with van der Waals surface area (Å²) in [6.45, 7) is 0. The smallest absolute Gasteiger partial charge is 0.164 e. The molecule has 0 radical (unpaired) electrons. The van der Waals surface area contributed by atoms with E-state index in [1.54, 1.807) is 6.20 Å². The van der Waals surface area contributed by atoms with Crippen molar-refractivity contribution in [1.82, 2.24) is 29.9 Å². The van der Waals surface area contributed by atoms with Gasteiger partial charge in [-0.05, 0) is 30.3 Å². The summed E-state index contributed by atoms with van der Waals surface area (Å²) in [4.78, 5) is 29.2. The molecule has 6 nitrogen and oxygen atoms in total. The van der Waals surface area contributed by atoms with Gasteiger partial charge in [-0.25, -0.2) is 24.9 Å². The Hall–Kier alpha value is -6.14. The van der Waals surface area contributed by atoms with Gasteiger partial charge in [0.1, 0.15) is 0 Å². The topological polar surface area (TPSA) is 77.3 Å². The second kappa shape index (κ2) is 10.9. The van der Waals surface area contributed by atoms with Crippen LogP contribution in [0.15, 0.2) is 146 Å². The summed E-state index contributed by atoms with van der Waals surface area (Å²) < 4.78 is 0. The largest absolute Gasteiger partial charge is 0.254 e. The third kappa shape index (κ3) is 4.84. The Bertz CT molecular complexity index is 2230. The zero-order chi connectivity index (χ0) is 29.3. The van der Waals surface area contributed by atoms with Crippen LogP contribution in [0.2, 0.25) is 0 Å². The average Bonchev–Trinajstić information content (AvgIpc) is 3.12. The van der Waals surface area contributed by atoms with E-state index in [4.69, 9.17) is 24.9 Å². The highest BCUT2D eigenvalue weighted by Gasteiger charge is 2.14. The average molecular weight is 565 g/mol. The maximum absolute atomic E-state index is 5.03. The van der Waals surface area contributed by atoms with E-state index in [9.17, 15) is 0 Å². The van der Waals surface area contributed by atoms with Crippen LogP contribution in [0.5, 0.6) is 0 Å². The summed E-state index contributed by atoms with van der Waals surface area (Å²) in [5.41, 5.74) is 7.89. The maximum Gasteiger partial charge on any atom is 0.164 e. The van der Waals surface area contributed by atoms with Crippen LogP contribution < -0.4 is 0 Å². The van der Waals surface area contributed by atoms with Crippen molar-refractivity contribution in [2.75, 3.05) is 0 Å². The normalized spacial score (nSPS) is 11.2. The van der Waals surface area contributed by atoms with Crippen LogP contribution >= 0.6 is 0 Å². The molecule has 0 bridgehead atoms. The van der Waals surface area contributed by atoms with Crippen molar-refractivity contribution in [3.05, 3.63) is 146 Å². The van der Waals surface area contributed by atoms with E-state index in [2.05, 4.69) is 41.4 Å². The van der Waals surface area contributed by atoms with Crippen molar-refractivity contribution in [2.24, 2.45) is 0 Å². The Morgan fingerprint density at radius 2 is 0.864 bits per heavy atom. The first-order valence-electron chi connectivity index (χ1n) is 14.4. The van der Waals surface area contributed by atoms with Gasteiger partial charge in [0.25, 0.3) is 0 Å². The lowest BCUT2D eigenvalue weighted by Crippen LogP contribution is -2.00. The second-order valence-corrected chi connectivity index (χ2v) is 10.4. The highest BCUT2D eigenvalue weighted by molar-refractivity contribution is 6.03. The third-order valence-electron chi connectivity index (χ3n) is 7.56. The Morgan fingerprint density at radius 1 is 0.318 bits per heavy atom. The molecule has 0 unspecified atom stereocenters. The van der Waals surface area contributed by atoms with E-state index in [1.165, 1.54) is 0 Å². The van der Waals surface area contributed by atoms with Crippen LogP contribution in [-0.2, 0) is 0 Å². The number of rotatable bonds is 5. The molecule has 0 aliphatic heterocycles. The molecule has 0 saturated heterocycles. The van der Waals surface area contributed by atoms with Crippen molar-refractivity contribution in [1.29, 1.82) is 0 Å². The lowest BCUT2D eigenvalue weighted by atomic mass is 10.1. The molecule has 4 aromatic carbocycles. The summed E-state index contributed by atoms with van der Waals surface area (Å²) in [5.74, 6) is 1.86. The minimum Gasteiger partial charge on any atom is -0.254 e. The van der Waals surface area contributed by atoms with E-state index in [0.717, 1.165) is 61.1 Å². The molecule has 0 spiro atoms. The minimum absolute atomic E-state index is 0.603. The third-order valence-corrected chi connectivity index (χ3v) is 7.56. The Balaban J connectivity index is 1.20. The molecular weight excluding hydrogens is 540 g/mol. The number of nitrogens with zero attached hydrogens (tertiary/aromatic N) is 6. The van der Waals surface area contributed by atoms with Gasteiger partial charge in [0.05, 0.1) is 28.1 Å². The molecule has 4 aromatic heterocycles. The molecular formula is C38H24N6. The molecule has 0 saturated carbocycles. The van der Waals surface area contributed by atoms with Crippen molar-refractivity contribution >= 4 is 21.8 Å². The monoisotopic (exact) mass is 564 g/mol. The first-order chi connectivity index (χ1) is 21.8. The summed E-state index contributed by atoms with van der Waals surface area (Å²) in [7, 11) is 0. The quantitative estimate of drug-likeness (QED) is 0.195.